The Morgan fingerprint density at radius 1 is 1.00 bits per heavy atom. The highest BCUT2D eigenvalue weighted by molar-refractivity contribution is 5.33. The molecule has 0 heterocycles. The van der Waals surface area contributed by atoms with Crippen LogP contribution in [-0.4, -0.2) is 20.8 Å². The van der Waals surface area contributed by atoms with E-state index in [0.29, 0.717) is 6.61 Å². The number of likely N-dealkylation sites (N-methyl/N-ethyl adjacent to an activating group) is 1. The molecule has 0 saturated carbocycles. The molecule has 0 fully saturated rings. The standard InChI is InChI=1S/C16H19NO2/c1-17-16(13-7-4-3-5-8-13)12-19-15-10-6-9-14(11-15)18-2/h3-11,16-17H,12H2,1-2H3. The lowest BCUT2D eigenvalue weighted by molar-refractivity contribution is 0.271. The second-order valence-electron chi connectivity index (χ2n) is 4.24. The molecule has 1 N–H and O–H groups in total. The summed E-state index contributed by atoms with van der Waals surface area (Å²) < 4.78 is 11.0. The van der Waals surface area contributed by atoms with Crippen molar-refractivity contribution in [1.29, 1.82) is 0 Å². The fraction of sp³-hybridized carbons (Fsp3) is 0.250. The van der Waals surface area contributed by atoms with Crippen LogP contribution in [0.1, 0.15) is 11.6 Å². The Bertz CT molecular complexity index is 499. The number of nitrogens with one attached hydrogen (secondary N) is 1. The molecule has 19 heavy (non-hydrogen) atoms. The van der Waals surface area contributed by atoms with E-state index in [4.69, 9.17) is 9.47 Å². The van der Waals surface area contributed by atoms with Crippen molar-refractivity contribution in [3.05, 3.63) is 60.2 Å². The molecule has 0 radical (unpaired) electrons. The van der Waals surface area contributed by atoms with E-state index in [-0.39, 0.29) is 6.04 Å². The molecule has 2 aromatic rings. The van der Waals surface area contributed by atoms with Gasteiger partial charge in [-0.1, -0.05) is 36.4 Å². The van der Waals surface area contributed by atoms with Crippen molar-refractivity contribution >= 4 is 0 Å². The molecule has 3 nitrogen and oxygen atoms in total. The Morgan fingerprint density at radius 2 is 1.74 bits per heavy atom. The highest BCUT2D eigenvalue weighted by Gasteiger charge is 2.09. The molecule has 2 aromatic carbocycles. The molecule has 1 atom stereocenters. The fourth-order valence-corrected chi connectivity index (χ4v) is 1.90. The van der Waals surface area contributed by atoms with E-state index in [2.05, 4.69) is 17.4 Å². The highest BCUT2D eigenvalue weighted by atomic mass is 16.5. The molecular formula is C16H19NO2. The minimum Gasteiger partial charge on any atom is -0.497 e. The van der Waals surface area contributed by atoms with Crippen molar-refractivity contribution in [1.82, 2.24) is 5.32 Å². The zero-order chi connectivity index (χ0) is 13.5. The van der Waals surface area contributed by atoms with Gasteiger partial charge in [-0.3, -0.25) is 0 Å². The summed E-state index contributed by atoms with van der Waals surface area (Å²) in [6.45, 7) is 0.577. The van der Waals surface area contributed by atoms with Gasteiger partial charge in [0.2, 0.25) is 0 Å². The molecule has 100 valence electrons. The second-order valence-corrected chi connectivity index (χ2v) is 4.24. The lowest BCUT2D eigenvalue weighted by atomic mass is 10.1. The number of ether oxygens (including phenoxy) is 2. The van der Waals surface area contributed by atoms with E-state index in [0.717, 1.165) is 11.5 Å². The van der Waals surface area contributed by atoms with Crippen LogP contribution in [-0.2, 0) is 0 Å². The largest absolute Gasteiger partial charge is 0.497 e. The van der Waals surface area contributed by atoms with Crippen LogP contribution in [0.2, 0.25) is 0 Å². The van der Waals surface area contributed by atoms with Crippen LogP contribution in [0.15, 0.2) is 54.6 Å². The zero-order valence-electron chi connectivity index (χ0n) is 11.3. The van der Waals surface area contributed by atoms with Gasteiger partial charge in [-0.2, -0.15) is 0 Å². The molecule has 0 bridgehead atoms. The summed E-state index contributed by atoms with van der Waals surface area (Å²) in [4.78, 5) is 0. The lowest BCUT2D eigenvalue weighted by Crippen LogP contribution is -2.23. The van der Waals surface area contributed by atoms with E-state index in [9.17, 15) is 0 Å². The molecule has 3 heteroatoms. The van der Waals surface area contributed by atoms with Crippen molar-refractivity contribution in [2.45, 2.75) is 6.04 Å². The van der Waals surface area contributed by atoms with Crippen LogP contribution in [0.5, 0.6) is 11.5 Å². The van der Waals surface area contributed by atoms with Crippen molar-refractivity contribution < 1.29 is 9.47 Å². The summed E-state index contributed by atoms with van der Waals surface area (Å²) in [5.41, 5.74) is 1.22. The third-order valence-corrected chi connectivity index (χ3v) is 3.01. The Kier molecular flexibility index (Phi) is 4.81. The van der Waals surface area contributed by atoms with E-state index in [1.54, 1.807) is 7.11 Å². The maximum absolute atomic E-state index is 5.81. The minimum atomic E-state index is 0.174. The summed E-state index contributed by atoms with van der Waals surface area (Å²) in [5.74, 6) is 1.62. The third-order valence-electron chi connectivity index (χ3n) is 3.01. The van der Waals surface area contributed by atoms with E-state index in [1.165, 1.54) is 5.56 Å². The van der Waals surface area contributed by atoms with Crippen LogP contribution in [0.4, 0.5) is 0 Å². The predicted octanol–water partition coefficient (Wildman–Crippen LogP) is 3.03. The number of hydrogen-bond acceptors (Lipinski definition) is 3. The smallest absolute Gasteiger partial charge is 0.123 e. The summed E-state index contributed by atoms with van der Waals surface area (Å²) in [7, 11) is 3.59. The number of hydrogen-bond donors (Lipinski definition) is 1. The maximum atomic E-state index is 5.81. The average molecular weight is 257 g/mol. The van der Waals surface area contributed by atoms with Crippen LogP contribution < -0.4 is 14.8 Å². The minimum absolute atomic E-state index is 0.174. The Morgan fingerprint density at radius 3 is 2.42 bits per heavy atom. The first-order valence-electron chi connectivity index (χ1n) is 6.32. The number of benzene rings is 2. The van der Waals surface area contributed by atoms with Gasteiger partial charge >= 0.3 is 0 Å². The first-order valence-corrected chi connectivity index (χ1v) is 6.32. The van der Waals surface area contributed by atoms with Gasteiger partial charge in [0.05, 0.1) is 13.2 Å². The quantitative estimate of drug-likeness (QED) is 0.862. The van der Waals surface area contributed by atoms with E-state index in [1.807, 2.05) is 49.5 Å². The van der Waals surface area contributed by atoms with Gasteiger partial charge < -0.3 is 14.8 Å². The summed E-state index contributed by atoms with van der Waals surface area (Å²) in [5, 5.41) is 3.26. The molecule has 0 aromatic heterocycles. The molecule has 0 amide bonds. The second kappa shape index (κ2) is 6.81. The Labute approximate surface area is 114 Å². The van der Waals surface area contributed by atoms with Crippen LogP contribution in [0.3, 0.4) is 0 Å². The van der Waals surface area contributed by atoms with Crippen molar-refractivity contribution in [3.8, 4) is 11.5 Å². The van der Waals surface area contributed by atoms with Crippen molar-refractivity contribution in [2.75, 3.05) is 20.8 Å². The third kappa shape index (κ3) is 3.73. The van der Waals surface area contributed by atoms with Gasteiger partial charge in [-0.05, 0) is 24.7 Å². The molecule has 0 spiro atoms. The van der Waals surface area contributed by atoms with Crippen molar-refractivity contribution in [2.24, 2.45) is 0 Å². The van der Waals surface area contributed by atoms with Crippen molar-refractivity contribution in [3.63, 3.8) is 0 Å². The number of rotatable bonds is 6. The summed E-state index contributed by atoms with van der Waals surface area (Å²) >= 11 is 0. The Hall–Kier alpha value is -2.00. The van der Waals surface area contributed by atoms with Crippen LogP contribution in [0, 0.1) is 0 Å². The first-order chi connectivity index (χ1) is 9.33. The molecule has 2 rings (SSSR count). The van der Waals surface area contributed by atoms with Crippen LogP contribution >= 0.6 is 0 Å². The fourth-order valence-electron chi connectivity index (χ4n) is 1.90. The topological polar surface area (TPSA) is 30.5 Å². The Balaban J connectivity index is 2.00. The van der Waals surface area contributed by atoms with Gasteiger partial charge in [-0.15, -0.1) is 0 Å². The molecular weight excluding hydrogens is 238 g/mol. The van der Waals surface area contributed by atoms with E-state index >= 15 is 0 Å². The monoisotopic (exact) mass is 257 g/mol. The molecule has 1 unspecified atom stereocenters. The highest BCUT2D eigenvalue weighted by Crippen LogP contribution is 2.20. The average Bonchev–Trinajstić information content (AvgIpc) is 2.49. The number of methoxy groups -OCH3 is 1. The van der Waals surface area contributed by atoms with E-state index < -0.39 is 0 Å². The zero-order valence-corrected chi connectivity index (χ0v) is 11.3. The van der Waals surface area contributed by atoms with Gasteiger partial charge in [0, 0.05) is 6.07 Å². The van der Waals surface area contributed by atoms with Gasteiger partial charge in [-0.25, -0.2) is 0 Å². The van der Waals surface area contributed by atoms with Gasteiger partial charge in [0.25, 0.3) is 0 Å². The van der Waals surface area contributed by atoms with Gasteiger partial charge in [0.15, 0.2) is 0 Å². The summed E-state index contributed by atoms with van der Waals surface area (Å²) in [6.07, 6.45) is 0. The van der Waals surface area contributed by atoms with Gasteiger partial charge in [0.1, 0.15) is 18.1 Å². The summed E-state index contributed by atoms with van der Waals surface area (Å²) in [6, 6.07) is 18.1. The predicted molar refractivity (Wildman–Crippen MR) is 76.7 cm³/mol. The molecule has 0 aliphatic rings. The molecule has 0 aliphatic carbocycles. The lowest BCUT2D eigenvalue weighted by Gasteiger charge is -2.17. The SMILES string of the molecule is CNC(COc1cccc(OC)c1)c1ccccc1. The van der Waals surface area contributed by atoms with Crippen LogP contribution in [0.25, 0.3) is 0 Å². The normalized spacial score (nSPS) is 11.9. The molecule has 0 aliphatic heterocycles. The molecule has 0 saturated heterocycles. The maximum Gasteiger partial charge on any atom is 0.123 e. The first kappa shape index (κ1) is 13.4.